The second kappa shape index (κ2) is 5.58. The van der Waals surface area contributed by atoms with Gasteiger partial charge in [-0.05, 0) is 18.6 Å². The Morgan fingerprint density at radius 1 is 1.31 bits per heavy atom. The zero-order chi connectivity index (χ0) is 12.3. The zero-order valence-electron chi connectivity index (χ0n) is 8.43. The van der Waals surface area contributed by atoms with Crippen molar-refractivity contribution in [2.24, 2.45) is 0 Å². The van der Waals surface area contributed by atoms with E-state index in [9.17, 15) is 8.42 Å². The van der Waals surface area contributed by atoms with Crippen molar-refractivity contribution in [3.8, 4) is 0 Å². The molecular formula is C9H10BrCl2NO2S. The normalized spacial score (nSPS) is 11.5. The molecule has 0 heterocycles. The summed E-state index contributed by atoms with van der Waals surface area (Å²) >= 11 is 15.0. The van der Waals surface area contributed by atoms with Crippen LogP contribution in [0.3, 0.4) is 0 Å². The molecule has 3 nitrogen and oxygen atoms in total. The van der Waals surface area contributed by atoms with Gasteiger partial charge in [0.15, 0.2) is 0 Å². The second-order valence-corrected chi connectivity index (χ2v) is 6.74. The van der Waals surface area contributed by atoms with Crippen LogP contribution < -0.4 is 4.72 Å². The van der Waals surface area contributed by atoms with Crippen molar-refractivity contribution < 1.29 is 8.42 Å². The van der Waals surface area contributed by atoms with Gasteiger partial charge in [-0.1, -0.05) is 46.1 Å². The van der Waals surface area contributed by atoms with Crippen LogP contribution in [0.4, 0.5) is 5.69 Å². The third kappa shape index (κ3) is 3.80. The van der Waals surface area contributed by atoms with Gasteiger partial charge in [0.2, 0.25) is 10.0 Å². The van der Waals surface area contributed by atoms with Crippen LogP contribution in [0.2, 0.25) is 10.0 Å². The van der Waals surface area contributed by atoms with Crippen LogP contribution in [0.1, 0.15) is 13.3 Å². The highest BCUT2D eigenvalue weighted by molar-refractivity contribution is 9.10. The van der Waals surface area contributed by atoms with Gasteiger partial charge in [0.25, 0.3) is 0 Å². The fraction of sp³-hybridized carbons (Fsp3) is 0.333. The first-order valence-electron chi connectivity index (χ1n) is 4.50. The Labute approximate surface area is 113 Å². The minimum atomic E-state index is -3.38. The lowest BCUT2D eigenvalue weighted by Gasteiger charge is -2.10. The van der Waals surface area contributed by atoms with Crippen LogP contribution in [0.15, 0.2) is 16.6 Å². The summed E-state index contributed by atoms with van der Waals surface area (Å²) in [5.41, 5.74) is 0.222. The molecule has 0 aliphatic rings. The maximum Gasteiger partial charge on any atom is 0.232 e. The Morgan fingerprint density at radius 3 is 2.25 bits per heavy atom. The van der Waals surface area contributed by atoms with E-state index in [1.807, 2.05) is 0 Å². The molecule has 0 atom stereocenters. The molecule has 1 N–H and O–H groups in total. The predicted molar refractivity (Wildman–Crippen MR) is 71.9 cm³/mol. The number of hydrogen-bond donors (Lipinski definition) is 1. The Morgan fingerprint density at radius 2 is 1.81 bits per heavy atom. The molecule has 0 aliphatic carbocycles. The molecule has 16 heavy (non-hydrogen) atoms. The summed E-state index contributed by atoms with van der Waals surface area (Å²) in [6, 6.07) is 3.16. The van der Waals surface area contributed by atoms with E-state index in [1.165, 1.54) is 0 Å². The standard InChI is InChI=1S/C9H10BrCl2NO2S/c1-2-3-16(14,15)13-9-7(11)4-6(10)5-8(9)12/h4-5,13H,2-3H2,1H3. The van der Waals surface area contributed by atoms with Crippen molar-refractivity contribution >= 4 is 54.8 Å². The molecule has 0 saturated heterocycles. The van der Waals surface area contributed by atoms with Crippen LogP contribution >= 0.6 is 39.1 Å². The minimum Gasteiger partial charge on any atom is -0.281 e. The van der Waals surface area contributed by atoms with Crippen LogP contribution in [-0.2, 0) is 10.0 Å². The monoisotopic (exact) mass is 345 g/mol. The Hall–Kier alpha value is 0.0300. The first-order chi connectivity index (χ1) is 7.35. The van der Waals surface area contributed by atoms with Crippen LogP contribution in [0.25, 0.3) is 0 Å². The number of nitrogens with one attached hydrogen (secondary N) is 1. The summed E-state index contributed by atoms with van der Waals surface area (Å²) in [6.45, 7) is 1.78. The topological polar surface area (TPSA) is 46.2 Å². The number of hydrogen-bond acceptors (Lipinski definition) is 2. The lowest BCUT2D eigenvalue weighted by molar-refractivity contribution is 0.600. The molecule has 1 aromatic carbocycles. The van der Waals surface area contributed by atoms with Crippen molar-refractivity contribution in [3.05, 3.63) is 26.7 Å². The van der Waals surface area contributed by atoms with E-state index in [0.29, 0.717) is 10.9 Å². The molecule has 90 valence electrons. The van der Waals surface area contributed by atoms with Gasteiger partial charge in [0.05, 0.1) is 21.5 Å². The van der Waals surface area contributed by atoms with Gasteiger partial charge < -0.3 is 0 Å². The summed E-state index contributed by atoms with van der Waals surface area (Å²) in [5, 5.41) is 0.526. The molecule has 0 bridgehead atoms. The fourth-order valence-electron chi connectivity index (χ4n) is 1.11. The lowest BCUT2D eigenvalue weighted by Crippen LogP contribution is -2.16. The third-order valence-electron chi connectivity index (χ3n) is 1.74. The number of halogens is 3. The van der Waals surface area contributed by atoms with Crippen LogP contribution in [-0.4, -0.2) is 14.2 Å². The molecule has 1 rings (SSSR count). The average Bonchev–Trinajstić information content (AvgIpc) is 2.11. The Kier molecular flexibility index (Phi) is 4.91. The molecule has 0 aromatic heterocycles. The van der Waals surface area contributed by atoms with E-state index in [4.69, 9.17) is 23.2 Å². The highest BCUT2D eigenvalue weighted by atomic mass is 79.9. The summed E-state index contributed by atoms with van der Waals surface area (Å²) in [4.78, 5) is 0. The molecule has 1 aromatic rings. The van der Waals surface area contributed by atoms with Crippen molar-refractivity contribution in [2.75, 3.05) is 10.5 Å². The molecule has 0 radical (unpaired) electrons. The molecule has 7 heteroatoms. The lowest BCUT2D eigenvalue weighted by atomic mass is 10.3. The van der Waals surface area contributed by atoms with Gasteiger partial charge >= 0.3 is 0 Å². The third-order valence-corrected chi connectivity index (χ3v) is 4.25. The van der Waals surface area contributed by atoms with Crippen molar-refractivity contribution in [1.29, 1.82) is 0 Å². The zero-order valence-corrected chi connectivity index (χ0v) is 12.3. The molecule has 0 spiro atoms. The predicted octanol–water partition coefficient (Wildman–Crippen LogP) is 3.91. The quantitative estimate of drug-likeness (QED) is 0.898. The number of anilines is 1. The molecule has 0 saturated carbocycles. The minimum absolute atomic E-state index is 0.0374. The summed E-state index contributed by atoms with van der Waals surface area (Å²) < 4.78 is 26.2. The van der Waals surface area contributed by atoms with Gasteiger partial charge in [-0.25, -0.2) is 8.42 Å². The summed E-state index contributed by atoms with van der Waals surface area (Å²) in [6.07, 6.45) is 0.529. The molecule has 0 amide bonds. The van der Waals surface area contributed by atoms with E-state index >= 15 is 0 Å². The SMILES string of the molecule is CCCS(=O)(=O)Nc1c(Cl)cc(Br)cc1Cl. The van der Waals surface area contributed by atoms with Crippen molar-refractivity contribution in [1.82, 2.24) is 0 Å². The van der Waals surface area contributed by atoms with Gasteiger partial charge in [0.1, 0.15) is 0 Å². The van der Waals surface area contributed by atoms with Crippen molar-refractivity contribution in [2.45, 2.75) is 13.3 Å². The van der Waals surface area contributed by atoms with E-state index < -0.39 is 10.0 Å². The van der Waals surface area contributed by atoms with E-state index in [-0.39, 0.29) is 21.5 Å². The first kappa shape index (κ1) is 14.1. The van der Waals surface area contributed by atoms with E-state index in [0.717, 1.165) is 0 Å². The number of rotatable bonds is 4. The number of sulfonamides is 1. The highest BCUT2D eigenvalue weighted by Crippen LogP contribution is 2.34. The maximum atomic E-state index is 11.5. The van der Waals surface area contributed by atoms with Crippen LogP contribution in [0, 0.1) is 0 Å². The number of benzene rings is 1. The molecule has 0 unspecified atom stereocenters. The highest BCUT2D eigenvalue weighted by Gasteiger charge is 2.14. The fourth-order valence-corrected chi connectivity index (χ4v) is 3.70. The van der Waals surface area contributed by atoms with E-state index in [2.05, 4.69) is 20.7 Å². The van der Waals surface area contributed by atoms with Crippen molar-refractivity contribution in [3.63, 3.8) is 0 Å². The Balaban J connectivity index is 3.07. The summed E-state index contributed by atoms with van der Waals surface area (Å²) in [7, 11) is -3.38. The van der Waals surface area contributed by atoms with Gasteiger partial charge in [-0.2, -0.15) is 0 Å². The molecule has 0 fully saturated rings. The maximum absolute atomic E-state index is 11.5. The van der Waals surface area contributed by atoms with E-state index in [1.54, 1.807) is 19.1 Å². The smallest absolute Gasteiger partial charge is 0.232 e. The molecular weight excluding hydrogens is 337 g/mol. The van der Waals surface area contributed by atoms with Gasteiger partial charge in [-0.15, -0.1) is 0 Å². The van der Waals surface area contributed by atoms with Gasteiger partial charge in [-0.3, -0.25) is 4.72 Å². The van der Waals surface area contributed by atoms with Gasteiger partial charge in [0, 0.05) is 4.47 Å². The molecule has 0 aliphatic heterocycles. The van der Waals surface area contributed by atoms with Crippen LogP contribution in [0.5, 0.6) is 0 Å². The first-order valence-corrected chi connectivity index (χ1v) is 7.71. The average molecular weight is 347 g/mol. The summed E-state index contributed by atoms with van der Waals surface area (Å²) in [5.74, 6) is 0.0374. The second-order valence-electron chi connectivity index (χ2n) is 3.17. The largest absolute Gasteiger partial charge is 0.281 e. The Bertz CT molecular complexity index is 467.